The molecule has 0 aromatic rings. The fourth-order valence-corrected chi connectivity index (χ4v) is 2.72. The van der Waals surface area contributed by atoms with Gasteiger partial charge in [0.25, 0.3) is 0 Å². The van der Waals surface area contributed by atoms with Crippen molar-refractivity contribution in [2.45, 2.75) is 52.9 Å². The number of hydrogen-bond donors (Lipinski definition) is 0. The highest BCUT2D eigenvalue weighted by molar-refractivity contribution is 5.78. The van der Waals surface area contributed by atoms with Gasteiger partial charge in [-0.25, -0.2) is 0 Å². The van der Waals surface area contributed by atoms with Crippen LogP contribution in [0.15, 0.2) is 12.2 Å². The van der Waals surface area contributed by atoms with Crippen LogP contribution in [-0.2, 0) is 4.79 Å². The van der Waals surface area contributed by atoms with Gasteiger partial charge in [-0.2, -0.15) is 0 Å². The monoisotopic (exact) mass is 237 g/mol. The lowest BCUT2D eigenvalue weighted by Crippen LogP contribution is -2.41. The molecule has 0 saturated carbocycles. The van der Waals surface area contributed by atoms with Crippen LogP contribution in [0.1, 0.15) is 52.9 Å². The zero-order chi connectivity index (χ0) is 12.8. The van der Waals surface area contributed by atoms with Gasteiger partial charge in [0.05, 0.1) is 0 Å². The van der Waals surface area contributed by atoms with Crippen LogP contribution in [0.5, 0.6) is 0 Å². The van der Waals surface area contributed by atoms with Crippen LogP contribution >= 0.6 is 0 Å². The minimum absolute atomic E-state index is 0.206. The van der Waals surface area contributed by atoms with Crippen molar-refractivity contribution in [1.82, 2.24) is 4.90 Å². The van der Waals surface area contributed by atoms with Crippen molar-refractivity contribution in [3.8, 4) is 0 Å². The summed E-state index contributed by atoms with van der Waals surface area (Å²) in [6, 6.07) is 0. The van der Waals surface area contributed by atoms with E-state index in [4.69, 9.17) is 0 Å². The number of hydrogen-bond acceptors (Lipinski definition) is 1. The molecular weight excluding hydrogens is 210 g/mol. The third kappa shape index (κ3) is 4.53. The maximum absolute atomic E-state index is 12.1. The highest BCUT2D eigenvalue weighted by Gasteiger charge is 2.25. The minimum atomic E-state index is 0.206. The van der Waals surface area contributed by atoms with Crippen molar-refractivity contribution in [1.29, 1.82) is 0 Å². The van der Waals surface area contributed by atoms with Crippen molar-refractivity contribution in [3.05, 3.63) is 12.2 Å². The Morgan fingerprint density at radius 3 is 2.47 bits per heavy atom. The van der Waals surface area contributed by atoms with Crippen LogP contribution < -0.4 is 0 Å². The molecule has 0 bridgehead atoms. The molecule has 1 amide bonds. The van der Waals surface area contributed by atoms with E-state index in [9.17, 15) is 4.79 Å². The molecule has 1 aliphatic heterocycles. The normalized spacial score (nSPS) is 19.1. The molecule has 0 N–H and O–H groups in total. The number of rotatable bonds is 5. The van der Waals surface area contributed by atoms with Crippen LogP contribution in [-0.4, -0.2) is 23.9 Å². The van der Waals surface area contributed by atoms with Gasteiger partial charge in [0.15, 0.2) is 0 Å². The summed E-state index contributed by atoms with van der Waals surface area (Å²) in [6.07, 6.45) is 5.55. The first-order valence-electron chi connectivity index (χ1n) is 6.97. The summed E-state index contributed by atoms with van der Waals surface area (Å²) < 4.78 is 0. The molecule has 98 valence electrons. The van der Waals surface area contributed by atoms with Crippen molar-refractivity contribution in [3.63, 3.8) is 0 Å². The summed E-state index contributed by atoms with van der Waals surface area (Å²) in [5.74, 6) is 1.32. The van der Waals surface area contributed by atoms with Gasteiger partial charge < -0.3 is 4.90 Å². The number of amides is 1. The van der Waals surface area contributed by atoms with E-state index in [0.717, 1.165) is 51.1 Å². The average molecular weight is 237 g/mol. The topological polar surface area (TPSA) is 20.3 Å². The molecule has 0 aliphatic carbocycles. The molecule has 1 heterocycles. The van der Waals surface area contributed by atoms with E-state index in [1.165, 1.54) is 5.57 Å². The SMILES string of the molecule is C=C(C)CC1CCN(C(=O)C(C)CCC)CC1. The van der Waals surface area contributed by atoms with Gasteiger partial charge in [-0.15, -0.1) is 6.58 Å². The largest absolute Gasteiger partial charge is 0.342 e. The molecule has 0 spiro atoms. The molecule has 1 aliphatic rings. The predicted molar refractivity (Wildman–Crippen MR) is 72.8 cm³/mol. The summed E-state index contributed by atoms with van der Waals surface area (Å²) >= 11 is 0. The Labute approximate surface area is 106 Å². The lowest BCUT2D eigenvalue weighted by molar-refractivity contribution is -0.136. The second kappa shape index (κ2) is 6.83. The molecule has 17 heavy (non-hydrogen) atoms. The van der Waals surface area contributed by atoms with Gasteiger partial charge >= 0.3 is 0 Å². The van der Waals surface area contributed by atoms with E-state index in [0.29, 0.717) is 5.91 Å². The summed E-state index contributed by atoms with van der Waals surface area (Å²) in [6.45, 7) is 12.2. The second-order valence-corrected chi connectivity index (χ2v) is 5.62. The number of allylic oxidation sites excluding steroid dienone is 1. The van der Waals surface area contributed by atoms with Gasteiger partial charge in [0.1, 0.15) is 0 Å². The van der Waals surface area contributed by atoms with E-state index >= 15 is 0 Å². The molecule has 1 fully saturated rings. The summed E-state index contributed by atoms with van der Waals surface area (Å²) in [4.78, 5) is 14.2. The van der Waals surface area contributed by atoms with Crippen LogP contribution in [0, 0.1) is 11.8 Å². The highest BCUT2D eigenvalue weighted by atomic mass is 16.2. The van der Waals surface area contributed by atoms with E-state index in [-0.39, 0.29) is 5.92 Å². The van der Waals surface area contributed by atoms with Gasteiger partial charge in [-0.1, -0.05) is 25.8 Å². The fraction of sp³-hybridized carbons (Fsp3) is 0.800. The van der Waals surface area contributed by atoms with Gasteiger partial charge in [-0.05, 0) is 38.5 Å². The first-order valence-corrected chi connectivity index (χ1v) is 6.97. The lowest BCUT2D eigenvalue weighted by Gasteiger charge is -2.33. The first-order chi connectivity index (χ1) is 8.04. The minimum Gasteiger partial charge on any atom is -0.342 e. The Hall–Kier alpha value is -0.790. The molecule has 1 saturated heterocycles. The quantitative estimate of drug-likeness (QED) is 0.669. The molecule has 0 radical (unpaired) electrons. The van der Waals surface area contributed by atoms with Crippen molar-refractivity contribution in [2.75, 3.05) is 13.1 Å². The molecule has 1 atom stereocenters. The van der Waals surface area contributed by atoms with Crippen molar-refractivity contribution < 1.29 is 4.79 Å². The Morgan fingerprint density at radius 2 is 2.00 bits per heavy atom. The molecule has 0 aromatic heterocycles. The molecule has 1 unspecified atom stereocenters. The van der Waals surface area contributed by atoms with E-state index in [1.54, 1.807) is 0 Å². The molecule has 2 nitrogen and oxygen atoms in total. The zero-order valence-corrected chi connectivity index (χ0v) is 11.7. The molecule has 0 aromatic carbocycles. The maximum Gasteiger partial charge on any atom is 0.225 e. The van der Waals surface area contributed by atoms with Gasteiger partial charge in [0.2, 0.25) is 5.91 Å². The molecule has 2 heteroatoms. The highest BCUT2D eigenvalue weighted by Crippen LogP contribution is 2.24. The van der Waals surface area contributed by atoms with Crippen molar-refractivity contribution in [2.24, 2.45) is 11.8 Å². The zero-order valence-electron chi connectivity index (χ0n) is 11.7. The van der Waals surface area contributed by atoms with Crippen LogP contribution in [0.3, 0.4) is 0 Å². The summed E-state index contributed by atoms with van der Waals surface area (Å²) in [5, 5.41) is 0. The smallest absolute Gasteiger partial charge is 0.225 e. The summed E-state index contributed by atoms with van der Waals surface area (Å²) in [7, 11) is 0. The number of carbonyl (C=O) groups excluding carboxylic acids is 1. The second-order valence-electron chi connectivity index (χ2n) is 5.62. The Bertz CT molecular complexity index is 264. The first kappa shape index (κ1) is 14.3. The Morgan fingerprint density at radius 1 is 1.41 bits per heavy atom. The third-order valence-corrected chi connectivity index (χ3v) is 3.71. The lowest BCUT2D eigenvalue weighted by atomic mass is 9.90. The van der Waals surface area contributed by atoms with Crippen LogP contribution in [0.4, 0.5) is 0 Å². The van der Waals surface area contributed by atoms with Crippen molar-refractivity contribution >= 4 is 5.91 Å². The van der Waals surface area contributed by atoms with Crippen LogP contribution in [0.25, 0.3) is 0 Å². The summed E-state index contributed by atoms with van der Waals surface area (Å²) in [5.41, 5.74) is 1.27. The third-order valence-electron chi connectivity index (χ3n) is 3.71. The van der Waals surface area contributed by atoms with Gasteiger partial charge in [0, 0.05) is 19.0 Å². The number of piperidine rings is 1. The fourth-order valence-electron chi connectivity index (χ4n) is 2.72. The number of carbonyl (C=O) groups is 1. The molecular formula is C15H27NO. The number of likely N-dealkylation sites (tertiary alicyclic amines) is 1. The van der Waals surface area contributed by atoms with E-state index in [1.807, 2.05) is 0 Å². The maximum atomic E-state index is 12.1. The number of nitrogens with zero attached hydrogens (tertiary/aromatic N) is 1. The molecule has 1 rings (SSSR count). The Kier molecular flexibility index (Phi) is 5.73. The predicted octanol–water partition coefficient (Wildman–Crippen LogP) is 3.63. The standard InChI is InChI=1S/C15H27NO/c1-5-6-13(4)15(17)16-9-7-14(8-10-16)11-12(2)3/h13-14H,2,5-11H2,1,3-4H3. The van der Waals surface area contributed by atoms with Crippen LogP contribution in [0.2, 0.25) is 0 Å². The average Bonchev–Trinajstić information content (AvgIpc) is 2.28. The van der Waals surface area contributed by atoms with E-state index in [2.05, 4.69) is 32.3 Å². The van der Waals surface area contributed by atoms with Gasteiger partial charge in [-0.3, -0.25) is 4.79 Å². The van der Waals surface area contributed by atoms with E-state index < -0.39 is 0 Å². The Balaban J connectivity index is 2.35.